The predicted molar refractivity (Wildman–Crippen MR) is 56.5 cm³/mol. The van der Waals surface area contributed by atoms with Crippen LogP contribution in [0, 0.1) is 10.8 Å². The lowest BCUT2D eigenvalue weighted by atomic mass is 9.81. The van der Waals surface area contributed by atoms with Crippen molar-refractivity contribution in [1.82, 2.24) is 0 Å². The maximum atomic E-state index is 11.7. The average Bonchev–Trinajstić information content (AvgIpc) is 1.98. The zero-order valence-electron chi connectivity index (χ0n) is 9.61. The summed E-state index contributed by atoms with van der Waals surface area (Å²) in [5, 5.41) is 0. The molecule has 2 N–H and O–H groups in total. The van der Waals surface area contributed by atoms with Crippen LogP contribution in [0.25, 0.3) is 0 Å². The van der Waals surface area contributed by atoms with Crippen LogP contribution in [0.3, 0.4) is 0 Å². The average molecular weight is 185 g/mol. The molecular formula is C11H23NO. The van der Waals surface area contributed by atoms with E-state index in [1.807, 2.05) is 13.8 Å². The standard InChI is InChI=1S/C11H23NO/c1-10(2,3)7-6-9(13)11(4,5)8-12/h6-8,12H2,1-5H3. The summed E-state index contributed by atoms with van der Waals surface area (Å²) >= 11 is 0. The fourth-order valence-electron chi connectivity index (χ4n) is 0.941. The summed E-state index contributed by atoms with van der Waals surface area (Å²) in [4.78, 5) is 11.7. The van der Waals surface area contributed by atoms with Crippen LogP contribution >= 0.6 is 0 Å². The third-order valence-electron chi connectivity index (χ3n) is 2.37. The second kappa shape index (κ2) is 4.23. The molecule has 0 aromatic rings. The topological polar surface area (TPSA) is 43.1 Å². The van der Waals surface area contributed by atoms with E-state index in [2.05, 4.69) is 20.8 Å². The molecule has 0 unspecified atom stereocenters. The Kier molecular flexibility index (Phi) is 4.11. The minimum atomic E-state index is -0.342. The molecule has 0 aliphatic heterocycles. The van der Waals surface area contributed by atoms with Crippen LogP contribution in [0.5, 0.6) is 0 Å². The summed E-state index contributed by atoms with van der Waals surface area (Å²) in [5.41, 5.74) is 5.42. The van der Waals surface area contributed by atoms with Gasteiger partial charge in [-0.2, -0.15) is 0 Å². The normalized spacial score (nSPS) is 13.1. The summed E-state index contributed by atoms with van der Waals surface area (Å²) in [6, 6.07) is 0. The highest BCUT2D eigenvalue weighted by molar-refractivity contribution is 5.84. The van der Waals surface area contributed by atoms with Crippen molar-refractivity contribution in [2.45, 2.75) is 47.5 Å². The molecule has 2 heteroatoms. The number of nitrogens with two attached hydrogens (primary N) is 1. The van der Waals surface area contributed by atoms with E-state index in [4.69, 9.17) is 5.73 Å². The Balaban J connectivity index is 4.03. The number of carbonyl (C=O) groups excluding carboxylic acids is 1. The van der Waals surface area contributed by atoms with Gasteiger partial charge in [-0.1, -0.05) is 34.6 Å². The molecule has 78 valence electrons. The lowest BCUT2D eigenvalue weighted by Crippen LogP contribution is -2.33. The quantitative estimate of drug-likeness (QED) is 0.730. The van der Waals surface area contributed by atoms with Gasteiger partial charge in [-0.05, 0) is 11.8 Å². The molecule has 0 fully saturated rings. The first-order valence-electron chi connectivity index (χ1n) is 4.92. The highest BCUT2D eigenvalue weighted by atomic mass is 16.1. The molecule has 0 saturated heterocycles. The number of carbonyl (C=O) groups is 1. The van der Waals surface area contributed by atoms with E-state index in [9.17, 15) is 4.79 Å². The molecule has 0 aromatic heterocycles. The largest absolute Gasteiger partial charge is 0.329 e. The molecule has 0 aliphatic rings. The van der Waals surface area contributed by atoms with Crippen LogP contribution in [-0.4, -0.2) is 12.3 Å². The molecule has 13 heavy (non-hydrogen) atoms. The molecule has 0 heterocycles. The SMILES string of the molecule is CC(C)(C)CCC(=O)C(C)(C)CN. The molecule has 2 nitrogen and oxygen atoms in total. The maximum Gasteiger partial charge on any atom is 0.139 e. The first-order chi connectivity index (χ1) is 5.69. The van der Waals surface area contributed by atoms with E-state index in [0.29, 0.717) is 13.0 Å². The third kappa shape index (κ3) is 5.04. The summed E-state index contributed by atoms with van der Waals surface area (Å²) in [7, 11) is 0. The van der Waals surface area contributed by atoms with E-state index >= 15 is 0 Å². The zero-order chi connectivity index (χ0) is 10.7. The van der Waals surface area contributed by atoms with Gasteiger partial charge in [0.2, 0.25) is 0 Å². The maximum absolute atomic E-state index is 11.7. The van der Waals surface area contributed by atoms with Crippen LogP contribution in [0.1, 0.15) is 47.5 Å². The van der Waals surface area contributed by atoms with Gasteiger partial charge in [0.15, 0.2) is 0 Å². The molecule has 0 radical (unpaired) electrons. The van der Waals surface area contributed by atoms with Crippen LogP contribution in [-0.2, 0) is 4.79 Å². The second-order valence-corrected chi connectivity index (χ2v) is 5.57. The van der Waals surface area contributed by atoms with Crippen molar-refractivity contribution in [2.24, 2.45) is 16.6 Å². The Hall–Kier alpha value is -0.370. The van der Waals surface area contributed by atoms with Crippen molar-refractivity contribution in [1.29, 1.82) is 0 Å². The fourth-order valence-corrected chi connectivity index (χ4v) is 0.941. The van der Waals surface area contributed by atoms with Gasteiger partial charge in [0.1, 0.15) is 5.78 Å². The molecule has 0 rings (SSSR count). The smallest absolute Gasteiger partial charge is 0.139 e. The van der Waals surface area contributed by atoms with Crippen LogP contribution < -0.4 is 5.73 Å². The van der Waals surface area contributed by atoms with Crippen molar-refractivity contribution in [3.05, 3.63) is 0 Å². The van der Waals surface area contributed by atoms with E-state index < -0.39 is 0 Å². The van der Waals surface area contributed by atoms with E-state index in [0.717, 1.165) is 6.42 Å². The first-order valence-corrected chi connectivity index (χ1v) is 4.92. The lowest BCUT2D eigenvalue weighted by Gasteiger charge is -2.23. The van der Waals surface area contributed by atoms with Crippen molar-refractivity contribution in [3.8, 4) is 0 Å². The summed E-state index contributed by atoms with van der Waals surface area (Å²) in [5.74, 6) is 0.282. The molecule has 0 bridgehead atoms. The predicted octanol–water partition coefficient (Wildman–Crippen LogP) is 2.37. The molecule has 0 saturated carbocycles. The second-order valence-electron chi connectivity index (χ2n) is 5.57. The molecule has 0 aliphatic carbocycles. The minimum Gasteiger partial charge on any atom is -0.329 e. The van der Waals surface area contributed by atoms with Crippen molar-refractivity contribution in [2.75, 3.05) is 6.54 Å². The Morgan fingerprint density at radius 1 is 1.15 bits per heavy atom. The van der Waals surface area contributed by atoms with Gasteiger partial charge in [0.05, 0.1) is 0 Å². The minimum absolute atomic E-state index is 0.236. The molecule has 0 atom stereocenters. The van der Waals surface area contributed by atoms with Crippen molar-refractivity contribution in [3.63, 3.8) is 0 Å². The fraction of sp³-hybridized carbons (Fsp3) is 0.909. The van der Waals surface area contributed by atoms with E-state index in [1.165, 1.54) is 0 Å². The van der Waals surface area contributed by atoms with Gasteiger partial charge >= 0.3 is 0 Å². The summed E-state index contributed by atoms with van der Waals surface area (Å²) in [6.45, 7) is 10.7. The van der Waals surface area contributed by atoms with Crippen molar-refractivity contribution >= 4 is 5.78 Å². The van der Waals surface area contributed by atoms with Gasteiger partial charge in [-0.15, -0.1) is 0 Å². The van der Waals surface area contributed by atoms with E-state index in [1.54, 1.807) is 0 Å². The molecular weight excluding hydrogens is 162 g/mol. The van der Waals surface area contributed by atoms with Crippen LogP contribution in [0.2, 0.25) is 0 Å². The van der Waals surface area contributed by atoms with Crippen LogP contribution in [0.15, 0.2) is 0 Å². The van der Waals surface area contributed by atoms with Crippen LogP contribution in [0.4, 0.5) is 0 Å². The van der Waals surface area contributed by atoms with Gasteiger partial charge in [0.25, 0.3) is 0 Å². The third-order valence-corrected chi connectivity index (χ3v) is 2.37. The first kappa shape index (κ1) is 12.6. The zero-order valence-corrected chi connectivity index (χ0v) is 9.61. The van der Waals surface area contributed by atoms with Gasteiger partial charge in [-0.25, -0.2) is 0 Å². The number of hydrogen-bond donors (Lipinski definition) is 1. The summed E-state index contributed by atoms with van der Waals surface area (Å²) < 4.78 is 0. The number of Topliss-reactive ketones (excluding diaryl/α,β-unsaturated/α-hetero) is 1. The van der Waals surface area contributed by atoms with Gasteiger partial charge < -0.3 is 5.73 Å². The highest BCUT2D eigenvalue weighted by Crippen LogP contribution is 2.25. The summed E-state index contributed by atoms with van der Waals surface area (Å²) in [6.07, 6.45) is 1.59. The highest BCUT2D eigenvalue weighted by Gasteiger charge is 2.26. The van der Waals surface area contributed by atoms with Crippen molar-refractivity contribution < 1.29 is 4.79 Å². The monoisotopic (exact) mass is 185 g/mol. The lowest BCUT2D eigenvalue weighted by molar-refractivity contribution is -0.127. The Labute approximate surface area is 81.9 Å². The van der Waals surface area contributed by atoms with E-state index in [-0.39, 0.29) is 16.6 Å². The molecule has 0 aromatic carbocycles. The number of rotatable bonds is 4. The number of hydrogen-bond acceptors (Lipinski definition) is 2. The Bertz CT molecular complexity index is 177. The molecule has 0 amide bonds. The van der Waals surface area contributed by atoms with Gasteiger partial charge in [-0.3, -0.25) is 4.79 Å². The Morgan fingerprint density at radius 3 is 1.92 bits per heavy atom. The molecule has 0 spiro atoms. The number of ketones is 1. The Morgan fingerprint density at radius 2 is 1.62 bits per heavy atom. The van der Waals surface area contributed by atoms with Gasteiger partial charge in [0, 0.05) is 18.4 Å².